The monoisotopic (exact) mass is 362 g/mol. The van der Waals surface area contributed by atoms with Crippen molar-refractivity contribution in [2.24, 2.45) is 0 Å². The Labute approximate surface area is 147 Å². The maximum atomic E-state index is 15.3. The van der Waals surface area contributed by atoms with Gasteiger partial charge in [-0.05, 0) is 23.8 Å². The van der Waals surface area contributed by atoms with Crippen LogP contribution in [-0.4, -0.2) is 35.6 Å². The van der Waals surface area contributed by atoms with Crippen molar-refractivity contribution in [3.8, 4) is 0 Å². The number of amides is 3. The zero-order valence-corrected chi connectivity index (χ0v) is 14.1. The van der Waals surface area contributed by atoms with Crippen LogP contribution in [0.3, 0.4) is 0 Å². The van der Waals surface area contributed by atoms with Crippen molar-refractivity contribution < 1.29 is 23.5 Å². The number of hydrogen-bond donors (Lipinski definition) is 2. The van der Waals surface area contributed by atoms with Gasteiger partial charge in [0, 0.05) is 4.90 Å². The van der Waals surface area contributed by atoms with E-state index in [9.17, 15) is 14.4 Å². The molecule has 0 saturated carbocycles. The molecule has 0 bridgehead atoms. The molecule has 6 nitrogen and oxygen atoms in total. The summed E-state index contributed by atoms with van der Waals surface area (Å²) in [6, 6.07) is 12.0. The van der Waals surface area contributed by atoms with Crippen LogP contribution in [0.15, 0.2) is 47.4 Å². The van der Waals surface area contributed by atoms with Crippen LogP contribution in [0.5, 0.6) is 0 Å². The van der Waals surface area contributed by atoms with Crippen LogP contribution in [0.4, 0.5) is 9.18 Å². The van der Waals surface area contributed by atoms with Gasteiger partial charge in [-0.15, -0.1) is 0 Å². The molecule has 2 N–H and O–H groups in total. The first-order chi connectivity index (χ1) is 12.0. The van der Waals surface area contributed by atoms with Gasteiger partial charge in [0.25, 0.3) is 5.91 Å². The Bertz CT molecular complexity index is 854. The van der Waals surface area contributed by atoms with E-state index in [4.69, 9.17) is 4.74 Å². The molecule has 8 heteroatoms. The molecule has 130 valence electrons. The SMILES string of the molecule is CCOC(=O)C1(F)C(=O)NC(=O)N[C@@H]1Sc1cccc2ccccc12. The minimum Gasteiger partial charge on any atom is -0.463 e. The molecule has 0 radical (unpaired) electrons. The van der Waals surface area contributed by atoms with Crippen molar-refractivity contribution in [3.63, 3.8) is 0 Å². The predicted octanol–water partition coefficient (Wildman–Crippen LogP) is 2.37. The highest BCUT2D eigenvalue weighted by Crippen LogP contribution is 2.37. The minimum absolute atomic E-state index is 0.0859. The van der Waals surface area contributed by atoms with E-state index in [1.54, 1.807) is 17.4 Å². The molecule has 1 unspecified atom stereocenters. The van der Waals surface area contributed by atoms with E-state index in [0.717, 1.165) is 22.5 Å². The van der Waals surface area contributed by atoms with Crippen LogP contribution < -0.4 is 10.6 Å². The van der Waals surface area contributed by atoms with Gasteiger partial charge in [0.2, 0.25) is 0 Å². The van der Waals surface area contributed by atoms with Crippen molar-refractivity contribution in [1.29, 1.82) is 0 Å². The highest BCUT2D eigenvalue weighted by molar-refractivity contribution is 8.00. The second kappa shape index (κ2) is 6.72. The third-order valence-corrected chi connectivity index (χ3v) is 5.04. The van der Waals surface area contributed by atoms with Crippen molar-refractivity contribution in [2.75, 3.05) is 6.61 Å². The molecule has 1 aliphatic heterocycles. The van der Waals surface area contributed by atoms with E-state index in [1.165, 1.54) is 6.92 Å². The Morgan fingerprint density at radius 3 is 2.72 bits per heavy atom. The molecule has 2 aromatic rings. The van der Waals surface area contributed by atoms with Crippen molar-refractivity contribution >= 4 is 40.4 Å². The average Bonchev–Trinajstić information content (AvgIpc) is 2.59. The lowest BCUT2D eigenvalue weighted by atomic mass is 10.0. The largest absolute Gasteiger partial charge is 0.463 e. The molecule has 0 aliphatic carbocycles. The van der Waals surface area contributed by atoms with Gasteiger partial charge in [0.15, 0.2) is 0 Å². The molecular formula is C17H15FN2O4S. The molecule has 0 spiro atoms. The van der Waals surface area contributed by atoms with Crippen LogP contribution in [0.2, 0.25) is 0 Å². The molecular weight excluding hydrogens is 347 g/mol. The van der Waals surface area contributed by atoms with Crippen molar-refractivity contribution in [3.05, 3.63) is 42.5 Å². The van der Waals surface area contributed by atoms with Gasteiger partial charge >= 0.3 is 17.7 Å². The topological polar surface area (TPSA) is 84.5 Å². The maximum Gasteiger partial charge on any atom is 0.357 e. The number of ether oxygens (including phenoxy) is 1. The first kappa shape index (κ1) is 17.2. The van der Waals surface area contributed by atoms with Crippen molar-refractivity contribution in [1.82, 2.24) is 10.6 Å². The fourth-order valence-corrected chi connectivity index (χ4v) is 3.80. The molecule has 2 aromatic carbocycles. The van der Waals surface area contributed by atoms with E-state index in [0.29, 0.717) is 4.90 Å². The van der Waals surface area contributed by atoms with Crippen molar-refractivity contribution in [2.45, 2.75) is 22.9 Å². The third kappa shape index (κ3) is 3.05. The normalized spacial score (nSPS) is 23.0. The molecule has 3 amide bonds. The zero-order valence-electron chi connectivity index (χ0n) is 13.2. The van der Waals surface area contributed by atoms with Crippen LogP contribution in [0.1, 0.15) is 6.92 Å². The number of thioether (sulfide) groups is 1. The maximum absolute atomic E-state index is 15.3. The Balaban J connectivity index is 2.01. The number of nitrogens with one attached hydrogen (secondary N) is 2. The summed E-state index contributed by atoms with van der Waals surface area (Å²) >= 11 is 0.894. The summed E-state index contributed by atoms with van der Waals surface area (Å²) in [4.78, 5) is 36.4. The number of hydrogen-bond acceptors (Lipinski definition) is 5. The number of esters is 1. The summed E-state index contributed by atoms with van der Waals surface area (Å²) < 4.78 is 20.1. The molecule has 25 heavy (non-hydrogen) atoms. The van der Waals surface area contributed by atoms with Gasteiger partial charge < -0.3 is 10.1 Å². The second-order valence-electron chi connectivity index (χ2n) is 5.33. The van der Waals surface area contributed by atoms with Gasteiger partial charge in [-0.2, -0.15) is 0 Å². The van der Waals surface area contributed by atoms with Crippen LogP contribution in [0.25, 0.3) is 10.8 Å². The lowest BCUT2D eigenvalue weighted by molar-refractivity contribution is -0.163. The first-order valence-corrected chi connectivity index (χ1v) is 8.47. The van der Waals surface area contributed by atoms with E-state index in [2.05, 4.69) is 5.32 Å². The van der Waals surface area contributed by atoms with Gasteiger partial charge in [-0.25, -0.2) is 14.0 Å². The van der Waals surface area contributed by atoms with Crippen LogP contribution in [-0.2, 0) is 14.3 Å². The quantitative estimate of drug-likeness (QED) is 0.644. The number of imide groups is 1. The van der Waals surface area contributed by atoms with E-state index < -0.39 is 29.0 Å². The second-order valence-corrected chi connectivity index (χ2v) is 6.48. The third-order valence-electron chi connectivity index (χ3n) is 3.75. The minimum atomic E-state index is -3.02. The van der Waals surface area contributed by atoms with Crippen LogP contribution in [0, 0.1) is 0 Å². The lowest BCUT2D eigenvalue weighted by Gasteiger charge is -2.34. The number of urea groups is 1. The number of benzene rings is 2. The van der Waals surface area contributed by atoms with Gasteiger partial charge in [0.1, 0.15) is 5.37 Å². The number of carbonyl (C=O) groups excluding carboxylic acids is 3. The first-order valence-electron chi connectivity index (χ1n) is 7.59. The molecule has 1 saturated heterocycles. The fraction of sp³-hybridized carbons (Fsp3) is 0.235. The molecule has 0 aromatic heterocycles. The summed E-state index contributed by atoms with van der Waals surface area (Å²) in [5, 5.41) is 4.38. The average molecular weight is 362 g/mol. The van der Waals surface area contributed by atoms with E-state index in [1.807, 2.05) is 30.3 Å². The smallest absolute Gasteiger partial charge is 0.357 e. The molecule has 3 rings (SSSR count). The number of rotatable bonds is 4. The highest BCUT2D eigenvalue weighted by Gasteiger charge is 2.59. The molecule has 1 heterocycles. The zero-order chi connectivity index (χ0) is 18.0. The standard InChI is InChI=1S/C17H15FN2O4S/c1-2-24-15(22)17(18)13(21)19-16(23)20-14(17)25-12-9-5-7-10-6-3-4-8-11(10)12/h3-9,14H,2H2,1H3,(H2,19,20,21,23)/t14-,17?/m1/s1. The summed E-state index contributed by atoms with van der Waals surface area (Å²) in [5.74, 6) is -2.65. The number of alkyl halides is 1. The van der Waals surface area contributed by atoms with Gasteiger partial charge in [-0.3, -0.25) is 10.1 Å². The summed E-state index contributed by atoms with van der Waals surface area (Å²) in [6.07, 6.45) is 0. The molecule has 1 aliphatic rings. The Hall–Kier alpha value is -2.61. The number of fused-ring (bicyclic) bond motifs is 1. The Kier molecular flexibility index (Phi) is 4.63. The van der Waals surface area contributed by atoms with Gasteiger partial charge in [0.05, 0.1) is 6.61 Å². The summed E-state index contributed by atoms with van der Waals surface area (Å²) in [6.45, 7) is 1.42. The predicted molar refractivity (Wildman–Crippen MR) is 90.7 cm³/mol. The molecule has 1 fully saturated rings. The van der Waals surface area contributed by atoms with Gasteiger partial charge in [-0.1, -0.05) is 48.2 Å². The fourth-order valence-electron chi connectivity index (χ4n) is 2.54. The molecule has 2 atom stereocenters. The Morgan fingerprint density at radius 1 is 1.24 bits per heavy atom. The van der Waals surface area contributed by atoms with E-state index in [-0.39, 0.29) is 6.61 Å². The number of halogens is 1. The summed E-state index contributed by atoms with van der Waals surface area (Å²) in [5.41, 5.74) is -3.02. The van der Waals surface area contributed by atoms with E-state index >= 15 is 4.39 Å². The Morgan fingerprint density at radius 2 is 1.96 bits per heavy atom. The highest BCUT2D eigenvalue weighted by atomic mass is 32.2. The summed E-state index contributed by atoms with van der Waals surface area (Å²) in [7, 11) is 0. The number of carbonyl (C=O) groups is 3. The lowest BCUT2D eigenvalue weighted by Crippen LogP contribution is -2.69. The van der Waals surface area contributed by atoms with Crippen LogP contribution >= 0.6 is 11.8 Å².